The standard InChI is InChI=1S/C52H88N2O41/c1-11(61)53-21-29(69)40(17(7-59)83-45(21)80)91-46-22(54-12(2)62)30(70)41(18(8-60)88-46)92-50-39(79)42(28(68)20(90-50)10-82-48-37(77)33(73)27(67)19(89-48)9-81-47-36(76)31(71)23(63)13(3-55)84-47)93-51-44(35(75)26(66)15(5-57)86-51)95-52-43(34(74)25(65)16(6-58)87-52)94-49-38(78)32(72)24(64)14(4-56)85-49/h13-52,55-60,63-80H,3-10H2,1-2H3,(H,53,61)(H,54,62)/t13-,14-,15-,16-,17-,18-,19-,20-,21-,22-,23-,24-,25-,26-,27-,28-,29-,30-,31+,32+,33+,34+,35+,36+,37+,38+,39+,40-,41-,42+,43+,44+,45?,46+,47+,48+,49-,50+,51-,52-/m1/s1. The van der Waals surface area contributed by atoms with Gasteiger partial charge in [0, 0.05) is 13.8 Å². The fraction of sp³-hybridized carbons (Fsp3) is 0.962. The Labute approximate surface area is 536 Å². The average molecular weight is 1400 g/mol. The zero-order valence-electron chi connectivity index (χ0n) is 50.4. The molecular weight excluding hydrogens is 1310 g/mol. The molecule has 1 unspecified atom stereocenters. The number of hydrogen-bond acceptors (Lipinski definition) is 41. The van der Waals surface area contributed by atoms with E-state index in [9.17, 15) is 132 Å². The molecule has 43 heteroatoms. The second-order valence-corrected chi connectivity index (χ2v) is 23.9. The van der Waals surface area contributed by atoms with Crippen molar-refractivity contribution in [3.05, 3.63) is 0 Å². The molecule has 0 bridgehead atoms. The van der Waals surface area contributed by atoms with Crippen LogP contribution in [-0.4, -0.2) is 433 Å². The molecule has 0 spiro atoms. The second kappa shape index (κ2) is 33.9. The highest BCUT2D eigenvalue weighted by Crippen LogP contribution is 2.39. The summed E-state index contributed by atoms with van der Waals surface area (Å²) in [6, 6.07) is -3.48. The molecule has 8 saturated heterocycles. The summed E-state index contributed by atoms with van der Waals surface area (Å²) in [5, 5.41) is 266. The van der Waals surface area contributed by atoms with Gasteiger partial charge in [-0.2, -0.15) is 0 Å². The van der Waals surface area contributed by atoms with Crippen LogP contribution < -0.4 is 10.6 Å². The lowest BCUT2D eigenvalue weighted by molar-refractivity contribution is -0.407. The third-order valence-electron chi connectivity index (χ3n) is 17.4. The van der Waals surface area contributed by atoms with E-state index in [0.29, 0.717) is 0 Å². The molecule has 43 nitrogen and oxygen atoms in total. The first-order chi connectivity index (χ1) is 44.9. The minimum atomic E-state index is -2.50. The minimum absolute atomic E-state index is 0.764. The zero-order chi connectivity index (χ0) is 69.9. The highest BCUT2D eigenvalue weighted by molar-refractivity contribution is 5.73. The van der Waals surface area contributed by atoms with Crippen LogP contribution in [-0.2, 0) is 80.6 Å². The van der Waals surface area contributed by atoms with Crippen LogP contribution >= 0.6 is 0 Å². The molecule has 0 aromatic carbocycles. The molecule has 8 rings (SSSR count). The predicted octanol–water partition coefficient (Wildman–Crippen LogP) is -18.2. The van der Waals surface area contributed by atoms with E-state index in [1.807, 2.05) is 0 Å². The number of hydrogen-bond donors (Lipinski definition) is 26. The lowest BCUT2D eigenvalue weighted by atomic mass is 9.94. The Morgan fingerprint density at radius 2 is 0.568 bits per heavy atom. The first-order valence-electron chi connectivity index (χ1n) is 30.1. The Balaban J connectivity index is 1.10. The van der Waals surface area contributed by atoms with Gasteiger partial charge in [-0.3, -0.25) is 9.59 Å². The highest BCUT2D eigenvalue weighted by atomic mass is 16.8. The van der Waals surface area contributed by atoms with Crippen LogP contribution in [0.15, 0.2) is 0 Å². The van der Waals surface area contributed by atoms with Crippen molar-refractivity contribution in [1.82, 2.24) is 10.6 Å². The summed E-state index contributed by atoms with van der Waals surface area (Å²) < 4.78 is 86.6. The first kappa shape index (κ1) is 78.1. The fourth-order valence-corrected chi connectivity index (χ4v) is 12.0. The van der Waals surface area contributed by atoms with Crippen molar-refractivity contribution in [3.63, 3.8) is 0 Å². The largest absolute Gasteiger partial charge is 0.394 e. The number of nitrogens with one attached hydrogen (secondary N) is 2. The maximum Gasteiger partial charge on any atom is 0.217 e. The maximum atomic E-state index is 12.8. The molecule has 8 aliphatic rings. The third-order valence-corrected chi connectivity index (χ3v) is 17.4. The molecule has 8 aliphatic heterocycles. The molecule has 26 N–H and O–H groups in total. The summed E-state index contributed by atoms with van der Waals surface area (Å²) in [6.07, 6.45) is -77.8. The fourth-order valence-electron chi connectivity index (χ4n) is 12.0. The average Bonchev–Trinajstić information content (AvgIpc) is 0.780. The molecule has 8 heterocycles. The smallest absolute Gasteiger partial charge is 0.217 e. The number of rotatable bonds is 24. The van der Waals surface area contributed by atoms with Gasteiger partial charge in [0.25, 0.3) is 0 Å². The van der Waals surface area contributed by atoms with Crippen molar-refractivity contribution in [2.24, 2.45) is 0 Å². The number of carbonyl (C=O) groups excluding carboxylic acids is 2. The first-order valence-corrected chi connectivity index (χ1v) is 30.1. The van der Waals surface area contributed by atoms with Gasteiger partial charge in [-0.05, 0) is 0 Å². The summed E-state index contributed by atoms with van der Waals surface area (Å²) in [7, 11) is 0. The van der Waals surface area contributed by atoms with E-state index >= 15 is 0 Å². The van der Waals surface area contributed by atoms with Crippen molar-refractivity contribution < 1.29 is 203 Å². The highest BCUT2D eigenvalue weighted by Gasteiger charge is 2.59. The van der Waals surface area contributed by atoms with Crippen LogP contribution in [0.3, 0.4) is 0 Å². The molecule has 2 amide bonds. The normalized spacial score (nSPS) is 50.8. The van der Waals surface area contributed by atoms with Gasteiger partial charge in [-0.25, -0.2) is 0 Å². The Bertz CT molecular complexity index is 2380. The van der Waals surface area contributed by atoms with Crippen LogP contribution in [0, 0.1) is 0 Å². The van der Waals surface area contributed by atoms with Gasteiger partial charge in [-0.15, -0.1) is 0 Å². The second-order valence-electron chi connectivity index (χ2n) is 23.9. The van der Waals surface area contributed by atoms with E-state index in [0.717, 1.165) is 13.8 Å². The molecule has 8 fully saturated rings. The summed E-state index contributed by atoms with van der Waals surface area (Å²) in [5.41, 5.74) is 0. The van der Waals surface area contributed by atoms with Crippen molar-refractivity contribution in [2.75, 3.05) is 52.9 Å². The summed E-state index contributed by atoms with van der Waals surface area (Å²) in [5.74, 6) is -1.67. The molecule has 40 atom stereocenters. The molecule has 0 saturated carbocycles. The van der Waals surface area contributed by atoms with Gasteiger partial charge in [0.15, 0.2) is 50.3 Å². The van der Waals surface area contributed by atoms with E-state index in [2.05, 4.69) is 10.6 Å². The molecule has 95 heavy (non-hydrogen) atoms. The quantitative estimate of drug-likeness (QED) is 0.0427. The Hall–Kier alpha value is -2.62. The zero-order valence-corrected chi connectivity index (χ0v) is 50.4. The van der Waals surface area contributed by atoms with Crippen molar-refractivity contribution in [1.29, 1.82) is 0 Å². The van der Waals surface area contributed by atoms with Gasteiger partial charge in [0.2, 0.25) is 11.8 Å². The van der Waals surface area contributed by atoms with E-state index in [1.165, 1.54) is 0 Å². The van der Waals surface area contributed by atoms with Crippen molar-refractivity contribution in [2.45, 2.75) is 259 Å². The Morgan fingerprint density at radius 3 is 1.02 bits per heavy atom. The molecular formula is C52H88N2O41. The lowest BCUT2D eigenvalue weighted by Crippen LogP contribution is -2.70. The van der Waals surface area contributed by atoms with E-state index in [-0.39, 0.29) is 0 Å². The molecule has 0 aliphatic carbocycles. The SMILES string of the molecule is CC(=O)N[C@H]1[C@H](O[C@H]2[C@H](O)[C@@H](NC(C)=O)C(O)O[C@@H]2CO)O[C@H](CO)[C@@H](O[C@@H]2O[C@H](CO[C@H]3O[C@H](CO[C@H]4O[C@H](CO)[C@@H](O)[C@H](O)[C@@H]4O)[C@@H](O)[C@H](O)[C@@H]3O)[C@@H](O)[C@H](O[C@H]3O[C@H](CO)[C@@H](O)[C@H](O)[C@@H]3O[C@H]3O[C@H](CO)[C@@H](O)[C@H](O)[C@@H]3O[C@H]3O[C@H](CO)[C@@H](O)[C@H](O)[C@@H]3O)[C@@H]2O)[C@@H]1O. The van der Waals surface area contributed by atoms with Crippen LogP contribution in [0.5, 0.6) is 0 Å². The number of aliphatic hydroxyl groups excluding tert-OH is 24. The maximum absolute atomic E-state index is 12.8. The van der Waals surface area contributed by atoms with E-state index in [4.69, 9.17) is 71.1 Å². The number of aliphatic hydroxyl groups is 24. The third kappa shape index (κ3) is 17.0. The number of amides is 2. The molecule has 552 valence electrons. The van der Waals surface area contributed by atoms with Crippen molar-refractivity contribution in [3.8, 4) is 0 Å². The minimum Gasteiger partial charge on any atom is -0.394 e. The van der Waals surface area contributed by atoms with Crippen molar-refractivity contribution >= 4 is 11.8 Å². The summed E-state index contributed by atoms with van der Waals surface area (Å²) in [6.45, 7) is -6.16. The topological polar surface area (TPSA) is 682 Å². The van der Waals surface area contributed by atoms with Gasteiger partial charge in [-0.1, -0.05) is 0 Å². The van der Waals surface area contributed by atoms with Gasteiger partial charge < -0.3 is 204 Å². The van der Waals surface area contributed by atoms with Gasteiger partial charge >= 0.3 is 0 Å². The lowest BCUT2D eigenvalue weighted by Gasteiger charge is -2.51. The van der Waals surface area contributed by atoms with Crippen LogP contribution in [0.2, 0.25) is 0 Å². The molecule has 0 radical (unpaired) electrons. The van der Waals surface area contributed by atoms with Gasteiger partial charge in [0.1, 0.15) is 195 Å². The molecule has 0 aromatic rings. The Morgan fingerprint density at radius 1 is 0.274 bits per heavy atom. The number of ether oxygens (including phenoxy) is 15. The number of carbonyl (C=O) groups is 2. The van der Waals surface area contributed by atoms with E-state index in [1.54, 1.807) is 0 Å². The summed E-state index contributed by atoms with van der Waals surface area (Å²) in [4.78, 5) is 24.9. The summed E-state index contributed by atoms with van der Waals surface area (Å²) >= 11 is 0. The molecule has 0 aromatic heterocycles. The van der Waals surface area contributed by atoms with Crippen LogP contribution in [0.4, 0.5) is 0 Å². The van der Waals surface area contributed by atoms with Gasteiger partial charge in [0.05, 0.1) is 52.9 Å². The monoisotopic (exact) mass is 1400 g/mol. The van der Waals surface area contributed by atoms with Crippen LogP contribution in [0.1, 0.15) is 13.8 Å². The Kier molecular flexibility index (Phi) is 27.9. The van der Waals surface area contributed by atoms with Crippen LogP contribution in [0.25, 0.3) is 0 Å². The predicted molar refractivity (Wildman–Crippen MR) is 288 cm³/mol. The van der Waals surface area contributed by atoms with E-state index < -0.39 is 310 Å².